The standard InChI is InChI=1S/C8H16O2/c1-7(3-4-9-2)5-8-6-10-8/h7-8H,3-6H2,1-2H3. The zero-order valence-corrected chi connectivity index (χ0v) is 6.80. The van der Waals surface area contributed by atoms with Gasteiger partial charge >= 0.3 is 0 Å². The van der Waals surface area contributed by atoms with Crippen molar-refractivity contribution in [2.45, 2.75) is 25.9 Å². The van der Waals surface area contributed by atoms with E-state index in [0.717, 1.165) is 25.6 Å². The Balaban J connectivity index is 1.91. The van der Waals surface area contributed by atoms with Crippen molar-refractivity contribution in [3.63, 3.8) is 0 Å². The minimum absolute atomic E-state index is 0.576. The molecule has 1 rings (SSSR count). The molecule has 0 bridgehead atoms. The SMILES string of the molecule is COCCC(C)CC1CO1. The summed E-state index contributed by atoms with van der Waals surface area (Å²) in [6.45, 7) is 4.12. The van der Waals surface area contributed by atoms with Crippen molar-refractivity contribution in [2.75, 3.05) is 20.3 Å². The van der Waals surface area contributed by atoms with Gasteiger partial charge in [-0.25, -0.2) is 0 Å². The van der Waals surface area contributed by atoms with Gasteiger partial charge in [0.1, 0.15) is 0 Å². The molecule has 2 unspecified atom stereocenters. The molecule has 0 radical (unpaired) electrons. The minimum atomic E-state index is 0.576. The Morgan fingerprint density at radius 2 is 2.40 bits per heavy atom. The van der Waals surface area contributed by atoms with Crippen molar-refractivity contribution < 1.29 is 9.47 Å². The van der Waals surface area contributed by atoms with E-state index in [9.17, 15) is 0 Å². The van der Waals surface area contributed by atoms with Crippen molar-refractivity contribution in [1.29, 1.82) is 0 Å². The molecule has 2 atom stereocenters. The molecule has 0 aromatic heterocycles. The van der Waals surface area contributed by atoms with Gasteiger partial charge in [-0.05, 0) is 18.8 Å². The molecular formula is C8H16O2. The topological polar surface area (TPSA) is 21.8 Å². The maximum absolute atomic E-state index is 5.12. The summed E-state index contributed by atoms with van der Waals surface area (Å²) in [5.41, 5.74) is 0. The Kier molecular flexibility index (Phi) is 3.16. The first-order valence-electron chi connectivity index (χ1n) is 3.93. The largest absolute Gasteiger partial charge is 0.385 e. The van der Waals surface area contributed by atoms with Gasteiger partial charge in [0.05, 0.1) is 12.7 Å². The molecular weight excluding hydrogens is 128 g/mol. The van der Waals surface area contributed by atoms with Crippen LogP contribution in [0.15, 0.2) is 0 Å². The summed E-state index contributed by atoms with van der Waals surface area (Å²) < 4.78 is 10.1. The summed E-state index contributed by atoms with van der Waals surface area (Å²) in [4.78, 5) is 0. The third-order valence-corrected chi connectivity index (χ3v) is 1.88. The predicted octanol–water partition coefficient (Wildman–Crippen LogP) is 1.45. The molecule has 0 aliphatic carbocycles. The quantitative estimate of drug-likeness (QED) is 0.545. The zero-order chi connectivity index (χ0) is 7.40. The minimum Gasteiger partial charge on any atom is -0.385 e. The maximum Gasteiger partial charge on any atom is 0.0812 e. The Hall–Kier alpha value is -0.0800. The Morgan fingerprint density at radius 3 is 2.90 bits per heavy atom. The van der Waals surface area contributed by atoms with Crippen LogP contribution in [0.5, 0.6) is 0 Å². The van der Waals surface area contributed by atoms with E-state index in [1.54, 1.807) is 7.11 Å². The third kappa shape index (κ3) is 3.18. The van der Waals surface area contributed by atoms with Crippen molar-refractivity contribution in [3.05, 3.63) is 0 Å². The van der Waals surface area contributed by atoms with Gasteiger partial charge in [-0.3, -0.25) is 0 Å². The molecule has 0 aromatic rings. The van der Waals surface area contributed by atoms with E-state index in [4.69, 9.17) is 9.47 Å². The fraction of sp³-hybridized carbons (Fsp3) is 1.00. The lowest BCUT2D eigenvalue weighted by Crippen LogP contribution is -2.03. The van der Waals surface area contributed by atoms with E-state index in [2.05, 4.69) is 6.92 Å². The first-order valence-corrected chi connectivity index (χ1v) is 3.93. The summed E-state index contributed by atoms with van der Waals surface area (Å²) in [6, 6.07) is 0. The predicted molar refractivity (Wildman–Crippen MR) is 40.0 cm³/mol. The van der Waals surface area contributed by atoms with Crippen LogP contribution in [0.3, 0.4) is 0 Å². The molecule has 60 valence electrons. The Labute approximate surface area is 62.5 Å². The molecule has 0 amide bonds. The molecule has 1 aliphatic rings. The highest BCUT2D eigenvalue weighted by Crippen LogP contribution is 2.20. The van der Waals surface area contributed by atoms with Crippen LogP contribution < -0.4 is 0 Å². The highest BCUT2D eigenvalue weighted by Gasteiger charge is 2.24. The molecule has 10 heavy (non-hydrogen) atoms. The normalized spacial score (nSPS) is 26.4. The van der Waals surface area contributed by atoms with E-state index >= 15 is 0 Å². The number of ether oxygens (including phenoxy) is 2. The highest BCUT2D eigenvalue weighted by atomic mass is 16.6. The second-order valence-corrected chi connectivity index (χ2v) is 3.08. The van der Waals surface area contributed by atoms with Crippen LogP contribution >= 0.6 is 0 Å². The lowest BCUT2D eigenvalue weighted by molar-refractivity contribution is 0.176. The molecule has 1 fully saturated rings. The monoisotopic (exact) mass is 144 g/mol. The summed E-state index contributed by atoms with van der Waals surface area (Å²) in [5.74, 6) is 0.757. The molecule has 2 heteroatoms. The molecule has 0 saturated carbocycles. The van der Waals surface area contributed by atoms with Gasteiger partial charge in [-0.15, -0.1) is 0 Å². The van der Waals surface area contributed by atoms with Crippen LogP contribution in [0.1, 0.15) is 19.8 Å². The van der Waals surface area contributed by atoms with E-state index < -0.39 is 0 Å². The van der Waals surface area contributed by atoms with Gasteiger partial charge in [0, 0.05) is 13.7 Å². The molecule has 2 nitrogen and oxygen atoms in total. The molecule has 1 heterocycles. The second-order valence-electron chi connectivity index (χ2n) is 3.08. The third-order valence-electron chi connectivity index (χ3n) is 1.88. The molecule has 1 saturated heterocycles. The fourth-order valence-electron chi connectivity index (χ4n) is 1.09. The zero-order valence-electron chi connectivity index (χ0n) is 6.80. The van der Waals surface area contributed by atoms with Crippen LogP contribution in [0.4, 0.5) is 0 Å². The first kappa shape index (κ1) is 8.02. The lowest BCUT2D eigenvalue weighted by atomic mass is 10.0. The Morgan fingerprint density at radius 1 is 1.70 bits per heavy atom. The smallest absolute Gasteiger partial charge is 0.0812 e. The second kappa shape index (κ2) is 3.94. The summed E-state index contributed by atoms with van der Waals surface area (Å²) in [6.07, 6.45) is 2.95. The number of methoxy groups -OCH3 is 1. The van der Waals surface area contributed by atoms with Crippen LogP contribution in [0.2, 0.25) is 0 Å². The van der Waals surface area contributed by atoms with Crippen molar-refractivity contribution in [2.24, 2.45) is 5.92 Å². The van der Waals surface area contributed by atoms with Crippen LogP contribution in [-0.2, 0) is 9.47 Å². The fourth-order valence-corrected chi connectivity index (χ4v) is 1.09. The van der Waals surface area contributed by atoms with Gasteiger partial charge in [-0.2, -0.15) is 0 Å². The molecule has 1 aliphatic heterocycles. The summed E-state index contributed by atoms with van der Waals surface area (Å²) in [5, 5.41) is 0. The molecule has 0 N–H and O–H groups in total. The molecule has 0 aromatic carbocycles. The lowest BCUT2D eigenvalue weighted by Gasteiger charge is -2.07. The van der Waals surface area contributed by atoms with Crippen molar-refractivity contribution in [1.82, 2.24) is 0 Å². The van der Waals surface area contributed by atoms with Crippen LogP contribution in [0.25, 0.3) is 0 Å². The number of rotatable bonds is 5. The average molecular weight is 144 g/mol. The summed E-state index contributed by atoms with van der Waals surface area (Å²) in [7, 11) is 1.75. The number of hydrogen-bond donors (Lipinski definition) is 0. The van der Waals surface area contributed by atoms with E-state index in [0.29, 0.717) is 6.10 Å². The van der Waals surface area contributed by atoms with E-state index in [-0.39, 0.29) is 0 Å². The van der Waals surface area contributed by atoms with Crippen LogP contribution in [0, 0.1) is 5.92 Å². The number of epoxide rings is 1. The molecule has 0 spiro atoms. The Bertz CT molecular complexity index is 89.3. The van der Waals surface area contributed by atoms with Crippen molar-refractivity contribution >= 4 is 0 Å². The van der Waals surface area contributed by atoms with Gasteiger partial charge in [0.15, 0.2) is 0 Å². The highest BCUT2D eigenvalue weighted by molar-refractivity contribution is 4.71. The number of hydrogen-bond acceptors (Lipinski definition) is 2. The van der Waals surface area contributed by atoms with E-state index in [1.807, 2.05) is 0 Å². The first-order chi connectivity index (χ1) is 4.83. The maximum atomic E-state index is 5.12. The van der Waals surface area contributed by atoms with Gasteiger partial charge in [0.2, 0.25) is 0 Å². The summed E-state index contributed by atoms with van der Waals surface area (Å²) >= 11 is 0. The van der Waals surface area contributed by atoms with Crippen LogP contribution in [-0.4, -0.2) is 26.4 Å². The van der Waals surface area contributed by atoms with Gasteiger partial charge in [-0.1, -0.05) is 6.92 Å². The van der Waals surface area contributed by atoms with Gasteiger partial charge in [0.25, 0.3) is 0 Å². The average Bonchev–Trinajstić information content (AvgIpc) is 2.67. The van der Waals surface area contributed by atoms with Gasteiger partial charge < -0.3 is 9.47 Å². The van der Waals surface area contributed by atoms with E-state index in [1.165, 1.54) is 6.42 Å². The van der Waals surface area contributed by atoms with Crippen molar-refractivity contribution in [3.8, 4) is 0 Å².